The Morgan fingerprint density at radius 1 is 1.53 bits per heavy atom. The average molecular weight is 208 g/mol. The minimum absolute atomic E-state index is 0.0547. The summed E-state index contributed by atoms with van der Waals surface area (Å²) < 4.78 is 5.32. The number of ether oxygens (including phenoxy) is 1. The lowest BCUT2D eigenvalue weighted by atomic mass is 10.00. The van der Waals surface area contributed by atoms with Crippen molar-refractivity contribution < 1.29 is 9.53 Å². The van der Waals surface area contributed by atoms with Crippen LogP contribution in [-0.2, 0) is 9.53 Å². The molecular formula is C13H20O2. The topological polar surface area (TPSA) is 26.3 Å². The van der Waals surface area contributed by atoms with Crippen LogP contribution in [0.3, 0.4) is 0 Å². The molecule has 0 N–H and O–H groups in total. The van der Waals surface area contributed by atoms with Gasteiger partial charge in [-0.1, -0.05) is 38.8 Å². The predicted molar refractivity (Wildman–Crippen MR) is 61.2 cm³/mol. The first kappa shape index (κ1) is 12.0. The highest BCUT2D eigenvalue weighted by Gasteiger charge is 2.19. The van der Waals surface area contributed by atoms with E-state index in [4.69, 9.17) is 4.74 Å². The zero-order chi connectivity index (χ0) is 11.1. The van der Waals surface area contributed by atoms with Crippen LogP contribution in [-0.4, -0.2) is 5.97 Å². The van der Waals surface area contributed by atoms with E-state index in [9.17, 15) is 4.79 Å². The van der Waals surface area contributed by atoms with E-state index in [-0.39, 0.29) is 11.9 Å². The maximum absolute atomic E-state index is 11.7. The third kappa shape index (κ3) is 3.90. The molecule has 84 valence electrons. The van der Waals surface area contributed by atoms with Crippen molar-refractivity contribution in [3.05, 3.63) is 24.0 Å². The fourth-order valence-corrected chi connectivity index (χ4v) is 1.65. The van der Waals surface area contributed by atoms with Crippen molar-refractivity contribution in [1.82, 2.24) is 0 Å². The van der Waals surface area contributed by atoms with Crippen molar-refractivity contribution in [3.63, 3.8) is 0 Å². The molecule has 0 saturated heterocycles. The zero-order valence-electron chi connectivity index (χ0n) is 9.66. The van der Waals surface area contributed by atoms with Gasteiger partial charge in [0.15, 0.2) is 0 Å². The van der Waals surface area contributed by atoms with Crippen LogP contribution in [0.1, 0.15) is 46.0 Å². The van der Waals surface area contributed by atoms with E-state index < -0.39 is 0 Å². The molecule has 1 unspecified atom stereocenters. The Labute approximate surface area is 92.0 Å². The SMILES string of the molecule is CCCCC(CC)C(=O)OC1=CC=CC1. The Morgan fingerprint density at radius 2 is 2.33 bits per heavy atom. The van der Waals surface area contributed by atoms with Gasteiger partial charge in [0.2, 0.25) is 0 Å². The monoisotopic (exact) mass is 208 g/mol. The normalized spacial score (nSPS) is 16.3. The Bertz CT molecular complexity index is 264. The van der Waals surface area contributed by atoms with E-state index in [1.807, 2.05) is 25.2 Å². The Balaban J connectivity index is 2.35. The Kier molecular flexibility index (Phi) is 5.16. The second-order valence-corrected chi connectivity index (χ2v) is 3.93. The zero-order valence-corrected chi connectivity index (χ0v) is 9.66. The fraction of sp³-hybridized carbons (Fsp3) is 0.615. The van der Waals surface area contributed by atoms with E-state index in [2.05, 4.69) is 6.92 Å². The highest BCUT2D eigenvalue weighted by atomic mass is 16.5. The largest absolute Gasteiger partial charge is 0.431 e. The fourth-order valence-electron chi connectivity index (χ4n) is 1.65. The van der Waals surface area contributed by atoms with Gasteiger partial charge in [0.05, 0.1) is 5.92 Å². The summed E-state index contributed by atoms with van der Waals surface area (Å²) in [5.74, 6) is 0.808. The highest BCUT2D eigenvalue weighted by molar-refractivity contribution is 5.73. The molecule has 0 aliphatic heterocycles. The van der Waals surface area contributed by atoms with Crippen LogP contribution in [0.2, 0.25) is 0 Å². The summed E-state index contributed by atoms with van der Waals surface area (Å²) in [5, 5.41) is 0. The molecule has 0 radical (unpaired) electrons. The maximum Gasteiger partial charge on any atom is 0.314 e. The minimum atomic E-state index is -0.0547. The molecule has 1 atom stereocenters. The number of carbonyl (C=O) groups is 1. The van der Waals surface area contributed by atoms with Gasteiger partial charge in [-0.2, -0.15) is 0 Å². The van der Waals surface area contributed by atoms with Crippen molar-refractivity contribution in [2.45, 2.75) is 46.0 Å². The van der Waals surface area contributed by atoms with Crippen molar-refractivity contribution >= 4 is 5.97 Å². The van der Waals surface area contributed by atoms with Crippen LogP contribution in [0.25, 0.3) is 0 Å². The summed E-state index contributed by atoms with van der Waals surface area (Å²) >= 11 is 0. The number of esters is 1. The standard InChI is InChI=1S/C13H20O2/c1-3-5-8-11(4-2)13(14)15-12-9-6-7-10-12/h6-7,9,11H,3-5,8,10H2,1-2H3. The smallest absolute Gasteiger partial charge is 0.314 e. The first-order chi connectivity index (χ1) is 7.27. The molecule has 0 saturated carbocycles. The summed E-state index contributed by atoms with van der Waals surface area (Å²) in [5.41, 5.74) is 0. The van der Waals surface area contributed by atoms with Crippen LogP contribution in [0.15, 0.2) is 24.0 Å². The minimum Gasteiger partial charge on any atom is -0.431 e. The van der Waals surface area contributed by atoms with Crippen LogP contribution in [0.5, 0.6) is 0 Å². The van der Waals surface area contributed by atoms with Crippen LogP contribution in [0.4, 0.5) is 0 Å². The predicted octanol–water partition coefficient (Wildman–Crippen LogP) is 3.59. The molecule has 0 aromatic carbocycles. The molecular weight excluding hydrogens is 188 g/mol. The third-order valence-electron chi connectivity index (χ3n) is 2.70. The number of hydrogen-bond donors (Lipinski definition) is 0. The molecule has 0 fully saturated rings. The molecule has 1 aliphatic rings. The van der Waals surface area contributed by atoms with E-state index >= 15 is 0 Å². The molecule has 0 amide bonds. The Morgan fingerprint density at radius 3 is 2.87 bits per heavy atom. The van der Waals surface area contributed by atoms with Gasteiger partial charge in [0.25, 0.3) is 0 Å². The van der Waals surface area contributed by atoms with Crippen molar-refractivity contribution in [1.29, 1.82) is 0 Å². The molecule has 2 heteroatoms. The molecule has 15 heavy (non-hydrogen) atoms. The van der Waals surface area contributed by atoms with Crippen molar-refractivity contribution in [3.8, 4) is 0 Å². The van der Waals surface area contributed by atoms with Gasteiger partial charge in [-0.3, -0.25) is 4.79 Å². The second-order valence-electron chi connectivity index (χ2n) is 3.93. The van der Waals surface area contributed by atoms with Gasteiger partial charge in [-0.05, 0) is 18.9 Å². The highest BCUT2D eigenvalue weighted by Crippen LogP contribution is 2.19. The lowest BCUT2D eigenvalue weighted by Gasteiger charge is -2.13. The van der Waals surface area contributed by atoms with Crippen LogP contribution >= 0.6 is 0 Å². The lowest BCUT2D eigenvalue weighted by Crippen LogP contribution is -2.16. The molecule has 0 aromatic heterocycles. The maximum atomic E-state index is 11.7. The van der Waals surface area contributed by atoms with E-state index in [1.165, 1.54) is 0 Å². The number of carbonyl (C=O) groups excluding carboxylic acids is 1. The summed E-state index contributed by atoms with van der Waals surface area (Å²) in [7, 11) is 0. The van der Waals surface area contributed by atoms with Gasteiger partial charge < -0.3 is 4.74 Å². The average Bonchev–Trinajstić information content (AvgIpc) is 2.71. The summed E-state index contributed by atoms with van der Waals surface area (Å²) in [6.07, 6.45) is 10.6. The van der Waals surface area contributed by atoms with E-state index in [0.29, 0.717) is 0 Å². The summed E-state index contributed by atoms with van der Waals surface area (Å²) in [6.45, 7) is 4.18. The molecule has 0 heterocycles. The van der Waals surface area contributed by atoms with Gasteiger partial charge in [0.1, 0.15) is 5.76 Å². The second kappa shape index (κ2) is 6.44. The molecule has 1 rings (SSSR count). The summed E-state index contributed by atoms with van der Waals surface area (Å²) in [4.78, 5) is 11.7. The van der Waals surface area contributed by atoms with E-state index in [0.717, 1.165) is 37.9 Å². The molecule has 0 aromatic rings. The first-order valence-corrected chi connectivity index (χ1v) is 5.85. The Hall–Kier alpha value is -1.05. The number of rotatable bonds is 6. The van der Waals surface area contributed by atoms with Gasteiger partial charge in [-0.25, -0.2) is 0 Å². The number of allylic oxidation sites excluding steroid dienone is 3. The number of unbranched alkanes of at least 4 members (excludes halogenated alkanes) is 1. The van der Waals surface area contributed by atoms with E-state index in [1.54, 1.807) is 0 Å². The van der Waals surface area contributed by atoms with Gasteiger partial charge >= 0.3 is 5.97 Å². The third-order valence-corrected chi connectivity index (χ3v) is 2.70. The molecule has 0 spiro atoms. The first-order valence-electron chi connectivity index (χ1n) is 5.85. The lowest BCUT2D eigenvalue weighted by molar-refractivity contribution is -0.144. The van der Waals surface area contributed by atoms with Crippen LogP contribution in [0, 0.1) is 5.92 Å². The summed E-state index contributed by atoms with van der Waals surface area (Å²) in [6, 6.07) is 0. The van der Waals surface area contributed by atoms with Gasteiger partial charge in [-0.15, -0.1) is 0 Å². The molecule has 0 bridgehead atoms. The quantitative estimate of drug-likeness (QED) is 0.623. The van der Waals surface area contributed by atoms with Crippen LogP contribution < -0.4 is 0 Å². The van der Waals surface area contributed by atoms with Crippen molar-refractivity contribution in [2.24, 2.45) is 5.92 Å². The molecule has 2 nitrogen and oxygen atoms in total. The number of hydrogen-bond acceptors (Lipinski definition) is 2. The van der Waals surface area contributed by atoms with Crippen molar-refractivity contribution in [2.75, 3.05) is 0 Å². The molecule has 1 aliphatic carbocycles. The van der Waals surface area contributed by atoms with Gasteiger partial charge in [0, 0.05) is 6.42 Å².